The van der Waals surface area contributed by atoms with Gasteiger partial charge in [0, 0.05) is 66.8 Å². The smallest absolute Gasteiger partial charge is 0.387 e. The van der Waals surface area contributed by atoms with Crippen LogP contribution in [0.15, 0.2) is 65.5 Å². The number of rotatable bonds is 6. The first-order valence-corrected chi connectivity index (χ1v) is 11.7. The molecule has 2 aromatic carbocycles. The molecule has 6 rings (SSSR count). The van der Waals surface area contributed by atoms with E-state index in [1.54, 1.807) is 53.3 Å². The first-order chi connectivity index (χ1) is 17.9. The van der Waals surface area contributed by atoms with Crippen LogP contribution in [0.5, 0.6) is 5.75 Å². The second kappa shape index (κ2) is 8.95. The van der Waals surface area contributed by atoms with E-state index in [1.165, 1.54) is 18.3 Å². The largest absolute Gasteiger partial charge is 0.451 e. The van der Waals surface area contributed by atoms with E-state index in [-0.39, 0.29) is 36.1 Å². The fourth-order valence-corrected chi connectivity index (χ4v) is 5.10. The Hall–Kier alpha value is -4.34. The molecule has 0 aliphatic carbocycles. The van der Waals surface area contributed by atoms with Crippen LogP contribution in [0, 0.1) is 5.82 Å². The number of pyridine rings is 1. The zero-order valence-corrected chi connectivity index (χ0v) is 19.7. The molecular formula is C27H21F3N4O3. The Labute approximate surface area is 209 Å². The normalized spacial score (nSPS) is 16.0. The Balaban J connectivity index is 1.31. The lowest BCUT2D eigenvalue weighted by atomic mass is 9.93. The lowest BCUT2D eigenvalue weighted by Gasteiger charge is -2.18. The fourth-order valence-electron chi connectivity index (χ4n) is 5.10. The van der Waals surface area contributed by atoms with Crippen molar-refractivity contribution in [2.24, 2.45) is 7.05 Å². The molecule has 1 aliphatic heterocycles. The molecule has 37 heavy (non-hydrogen) atoms. The Morgan fingerprint density at radius 3 is 2.78 bits per heavy atom. The van der Waals surface area contributed by atoms with Crippen molar-refractivity contribution < 1.29 is 27.1 Å². The number of amides is 1. The molecule has 1 amide bonds. The van der Waals surface area contributed by atoms with E-state index in [2.05, 4.69) is 14.8 Å². The number of carbonyl (C=O) groups is 1. The number of furan rings is 1. The molecule has 0 bridgehead atoms. The molecule has 7 nitrogen and oxygen atoms in total. The lowest BCUT2D eigenvalue weighted by molar-refractivity contribution is -0.128. The van der Waals surface area contributed by atoms with Crippen molar-refractivity contribution in [2.75, 3.05) is 6.54 Å². The average Bonchev–Trinajstić information content (AvgIpc) is 3.57. The molecule has 10 heteroatoms. The maximum atomic E-state index is 15.0. The van der Waals surface area contributed by atoms with Crippen LogP contribution in [0.2, 0.25) is 0 Å². The summed E-state index contributed by atoms with van der Waals surface area (Å²) in [6.07, 6.45) is 4.95. The summed E-state index contributed by atoms with van der Waals surface area (Å²) in [6.45, 7) is -2.54. The maximum absolute atomic E-state index is 15.0. The number of ether oxygens (including phenoxy) is 1. The van der Waals surface area contributed by atoms with Crippen molar-refractivity contribution in [1.82, 2.24) is 19.7 Å². The predicted octanol–water partition coefficient (Wildman–Crippen LogP) is 5.64. The molecule has 1 aliphatic rings. The van der Waals surface area contributed by atoms with E-state index in [0.29, 0.717) is 34.0 Å². The van der Waals surface area contributed by atoms with Crippen molar-refractivity contribution in [2.45, 2.75) is 25.5 Å². The topological polar surface area (TPSA) is 73.4 Å². The number of likely N-dealkylation sites (tertiary alicyclic amines) is 1. The monoisotopic (exact) mass is 506 g/mol. The van der Waals surface area contributed by atoms with Gasteiger partial charge in [-0.25, -0.2) is 4.39 Å². The first kappa shape index (κ1) is 23.1. The van der Waals surface area contributed by atoms with E-state index >= 15 is 4.39 Å². The second-order valence-corrected chi connectivity index (χ2v) is 9.03. The number of aryl methyl sites for hydroxylation is 1. The van der Waals surface area contributed by atoms with Crippen LogP contribution in [0.4, 0.5) is 13.2 Å². The number of benzene rings is 2. The minimum atomic E-state index is -3.01. The van der Waals surface area contributed by atoms with Gasteiger partial charge in [0.1, 0.15) is 5.82 Å². The Bertz CT molecular complexity index is 1650. The fraction of sp³-hybridized carbons (Fsp3) is 0.222. The summed E-state index contributed by atoms with van der Waals surface area (Å²) in [5.74, 6) is -0.835. The van der Waals surface area contributed by atoms with Gasteiger partial charge in [-0.2, -0.15) is 13.9 Å². The third kappa shape index (κ3) is 4.08. The molecule has 3 aromatic heterocycles. The maximum Gasteiger partial charge on any atom is 0.387 e. The van der Waals surface area contributed by atoms with Crippen LogP contribution in [-0.4, -0.2) is 38.7 Å². The van der Waals surface area contributed by atoms with Gasteiger partial charge in [-0.05, 0) is 29.8 Å². The van der Waals surface area contributed by atoms with Crippen LogP contribution in [0.25, 0.3) is 33.2 Å². The van der Waals surface area contributed by atoms with Gasteiger partial charge < -0.3 is 14.1 Å². The Kier molecular flexibility index (Phi) is 5.58. The molecule has 5 aromatic rings. The third-order valence-corrected chi connectivity index (χ3v) is 6.82. The molecule has 1 atom stereocenters. The van der Waals surface area contributed by atoms with Crippen LogP contribution < -0.4 is 4.74 Å². The van der Waals surface area contributed by atoms with Crippen molar-refractivity contribution in [1.29, 1.82) is 0 Å². The minimum Gasteiger partial charge on any atom is -0.451 e. The van der Waals surface area contributed by atoms with Crippen molar-refractivity contribution in [3.63, 3.8) is 0 Å². The molecule has 4 heterocycles. The van der Waals surface area contributed by atoms with Gasteiger partial charge in [-0.1, -0.05) is 18.2 Å². The minimum absolute atomic E-state index is 0.0817. The number of hydrogen-bond acceptors (Lipinski definition) is 5. The van der Waals surface area contributed by atoms with E-state index in [9.17, 15) is 13.6 Å². The predicted molar refractivity (Wildman–Crippen MR) is 130 cm³/mol. The highest BCUT2D eigenvalue weighted by Gasteiger charge is 2.33. The average molecular weight is 506 g/mol. The number of nitrogens with zero attached hydrogens (tertiary/aromatic N) is 4. The summed E-state index contributed by atoms with van der Waals surface area (Å²) in [4.78, 5) is 18.6. The van der Waals surface area contributed by atoms with E-state index < -0.39 is 12.4 Å². The standard InChI is InChI=1S/C27H21F3N4O3/c1-33-21(7-9-32-33)15-2-3-16(20(28)10-15)13-34-14-17(11-24(34)35)18-4-5-22(37-27(29)30)26-25(18)19-6-8-31-12-23(19)36-26/h2-10,12,17,27H,11,13-14H2,1H3. The Morgan fingerprint density at radius 2 is 2.03 bits per heavy atom. The van der Waals surface area contributed by atoms with Gasteiger partial charge in [0.05, 0.1) is 11.9 Å². The molecule has 188 valence electrons. The Morgan fingerprint density at radius 1 is 1.16 bits per heavy atom. The SMILES string of the molecule is Cn1nccc1-c1ccc(CN2CC(c3ccc(OC(F)F)c4oc5cnccc5c34)CC2=O)c(F)c1. The molecule has 0 radical (unpaired) electrons. The van der Waals surface area contributed by atoms with E-state index in [4.69, 9.17) is 4.42 Å². The van der Waals surface area contributed by atoms with Crippen molar-refractivity contribution in [3.8, 4) is 17.0 Å². The van der Waals surface area contributed by atoms with Gasteiger partial charge in [0.2, 0.25) is 5.91 Å². The number of halogens is 3. The van der Waals surface area contributed by atoms with Crippen LogP contribution in [0.3, 0.4) is 0 Å². The summed E-state index contributed by atoms with van der Waals surface area (Å²) in [5.41, 5.74) is 3.29. The highest BCUT2D eigenvalue weighted by molar-refractivity contribution is 6.08. The molecule has 0 spiro atoms. The number of alkyl halides is 2. The third-order valence-electron chi connectivity index (χ3n) is 6.82. The molecule has 1 unspecified atom stereocenters. The quantitative estimate of drug-likeness (QED) is 0.298. The van der Waals surface area contributed by atoms with Gasteiger partial charge in [-0.15, -0.1) is 0 Å². The number of fused-ring (bicyclic) bond motifs is 3. The molecule has 1 fully saturated rings. The van der Waals surface area contributed by atoms with Gasteiger partial charge in [0.15, 0.2) is 16.9 Å². The summed E-state index contributed by atoms with van der Waals surface area (Å²) in [5, 5.41) is 5.43. The summed E-state index contributed by atoms with van der Waals surface area (Å²) >= 11 is 0. The summed E-state index contributed by atoms with van der Waals surface area (Å²) < 4.78 is 53.2. The molecule has 1 saturated heterocycles. The first-order valence-electron chi connectivity index (χ1n) is 11.7. The van der Waals surface area contributed by atoms with Gasteiger partial charge in [-0.3, -0.25) is 14.5 Å². The van der Waals surface area contributed by atoms with E-state index in [0.717, 1.165) is 11.3 Å². The molecule has 0 saturated carbocycles. The second-order valence-electron chi connectivity index (χ2n) is 9.03. The van der Waals surface area contributed by atoms with Gasteiger partial charge in [0.25, 0.3) is 0 Å². The summed E-state index contributed by atoms with van der Waals surface area (Å²) in [7, 11) is 1.78. The van der Waals surface area contributed by atoms with Crippen molar-refractivity contribution in [3.05, 3.63) is 78.0 Å². The zero-order valence-electron chi connectivity index (χ0n) is 19.7. The number of aromatic nitrogens is 3. The lowest BCUT2D eigenvalue weighted by Crippen LogP contribution is -2.25. The van der Waals surface area contributed by atoms with E-state index in [1.807, 2.05) is 6.07 Å². The summed E-state index contributed by atoms with van der Waals surface area (Å²) in [6, 6.07) is 11.6. The highest BCUT2D eigenvalue weighted by atomic mass is 19.3. The molecule has 0 N–H and O–H groups in total. The van der Waals surface area contributed by atoms with Crippen LogP contribution >= 0.6 is 0 Å². The number of carbonyl (C=O) groups excluding carboxylic acids is 1. The van der Waals surface area contributed by atoms with Gasteiger partial charge >= 0.3 is 6.61 Å². The highest BCUT2D eigenvalue weighted by Crippen LogP contribution is 2.42. The van der Waals surface area contributed by atoms with Crippen molar-refractivity contribution >= 4 is 27.8 Å². The molecular weight excluding hydrogens is 485 g/mol. The van der Waals surface area contributed by atoms with Crippen LogP contribution in [-0.2, 0) is 18.4 Å². The zero-order chi connectivity index (χ0) is 25.7. The van der Waals surface area contributed by atoms with Crippen LogP contribution in [0.1, 0.15) is 23.5 Å². The number of hydrogen-bond donors (Lipinski definition) is 0.